The fraction of sp³-hybridized carbons (Fsp3) is 0.478. The number of nitriles is 1. The average molecular weight is 434 g/mol. The molecule has 2 fully saturated rings. The van der Waals surface area contributed by atoms with E-state index in [0.29, 0.717) is 17.8 Å². The van der Waals surface area contributed by atoms with Crippen molar-refractivity contribution < 1.29 is 0 Å². The number of rotatable bonds is 6. The summed E-state index contributed by atoms with van der Waals surface area (Å²) in [5.41, 5.74) is 3.70. The molecular formula is C23H27N7S. The van der Waals surface area contributed by atoms with Crippen molar-refractivity contribution in [3.05, 3.63) is 53.1 Å². The van der Waals surface area contributed by atoms with Crippen molar-refractivity contribution in [3.63, 3.8) is 0 Å². The highest BCUT2D eigenvalue weighted by molar-refractivity contribution is 7.13. The molecule has 1 saturated heterocycles. The lowest BCUT2D eigenvalue weighted by Gasteiger charge is -2.34. The largest absolute Gasteiger partial charge is 0.330 e. The van der Waals surface area contributed by atoms with Crippen LogP contribution in [-0.2, 0) is 6.54 Å². The van der Waals surface area contributed by atoms with Crippen LogP contribution in [0, 0.1) is 11.3 Å². The summed E-state index contributed by atoms with van der Waals surface area (Å²) in [5.74, 6) is 0. The molecule has 7 nitrogen and oxygen atoms in total. The summed E-state index contributed by atoms with van der Waals surface area (Å²) in [7, 11) is 0. The van der Waals surface area contributed by atoms with Crippen LogP contribution in [0.1, 0.15) is 74.0 Å². The first-order valence-corrected chi connectivity index (χ1v) is 12.0. The van der Waals surface area contributed by atoms with Gasteiger partial charge in [0.05, 0.1) is 35.9 Å². The minimum absolute atomic E-state index is 0.342. The standard InChI is InChI=1S/C23H27N7S/c24-11-18-8-9-19(13-25-18)27-23-28-21(16-31-23)22-7-3-4-10-29(22)14-17-12-26-30(15-17)20-5-1-2-6-20/h8-9,12-13,15-16,20,22H,1-7,10,14H2,(H,27,28). The molecule has 1 aliphatic heterocycles. The first-order chi connectivity index (χ1) is 15.3. The molecule has 1 unspecified atom stereocenters. The Labute approximate surface area is 186 Å². The highest BCUT2D eigenvalue weighted by atomic mass is 32.1. The van der Waals surface area contributed by atoms with Gasteiger partial charge in [-0.15, -0.1) is 11.3 Å². The zero-order chi connectivity index (χ0) is 21.0. The Morgan fingerprint density at radius 2 is 2.00 bits per heavy atom. The summed E-state index contributed by atoms with van der Waals surface area (Å²) >= 11 is 1.62. The maximum Gasteiger partial charge on any atom is 0.187 e. The van der Waals surface area contributed by atoms with Gasteiger partial charge in [0.25, 0.3) is 0 Å². The third-order valence-corrected chi connectivity index (χ3v) is 7.12. The predicted molar refractivity (Wildman–Crippen MR) is 121 cm³/mol. The topological polar surface area (TPSA) is 82.7 Å². The Morgan fingerprint density at radius 3 is 2.81 bits per heavy atom. The lowest BCUT2D eigenvalue weighted by Crippen LogP contribution is -2.33. The van der Waals surface area contributed by atoms with Gasteiger partial charge in [0.15, 0.2) is 5.13 Å². The number of nitrogens with one attached hydrogen (secondary N) is 1. The third-order valence-electron chi connectivity index (χ3n) is 6.35. The number of thiazole rings is 1. The fourth-order valence-corrected chi connectivity index (χ4v) is 5.51. The third kappa shape index (κ3) is 4.63. The number of piperidine rings is 1. The summed E-state index contributed by atoms with van der Waals surface area (Å²) in [6, 6.07) is 6.55. The van der Waals surface area contributed by atoms with Gasteiger partial charge < -0.3 is 5.32 Å². The molecule has 8 heteroatoms. The molecule has 0 spiro atoms. The van der Waals surface area contributed by atoms with E-state index in [1.54, 1.807) is 23.6 Å². The van der Waals surface area contributed by atoms with Crippen molar-refractivity contribution in [2.45, 2.75) is 63.6 Å². The van der Waals surface area contributed by atoms with E-state index in [1.165, 1.54) is 44.1 Å². The van der Waals surface area contributed by atoms with E-state index in [0.717, 1.165) is 36.0 Å². The first kappa shape index (κ1) is 20.2. The highest BCUT2D eigenvalue weighted by Crippen LogP contribution is 2.35. The Hall–Kier alpha value is -2.76. The molecule has 0 aromatic carbocycles. The Morgan fingerprint density at radius 1 is 1.13 bits per heavy atom. The molecule has 160 valence electrons. The summed E-state index contributed by atoms with van der Waals surface area (Å²) in [5, 5.41) is 19.9. The predicted octanol–water partition coefficient (Wildman–Crippen LogP) is 5.19. The second-order valence-electron chi connectivity index (χ2n) is 8.50. The van der Waals surface area contributed by atoms with Gasteiger partial charge in [0, 0.05) is 23.7 Å². The normalized spacial score (nSPS) is 20.0. The number of likely N-dealkylation sites (tertiary alicyclic amines) is 1. The maximum absolute atomic E-state index is 8.90. The van der Waals surface area contributed by atoms with Crippen molar-refractivity contribution in [2.75, 3.05) is 11.9 Å². The van der Waals surface area contributed by atoms with E-state index in [-0.39, 0.29) is 0 Å². The molecule has 1 saturated carbocycles. The molecular weight excluding hydrogens is 406 g/mol. The zero-order valence-corrected chi connectivity index (χ0v) is 18.4. The molecule has 0 bridgehead atoms. The number of aromatic nitrogens is 4. The monoisotopic (exact) mass is 433 g/mol. The van der Waals surface area contributed by atoms with Gasteiger partial charge in [0.2, 0.25) is 0 Å². The van der Waals surface area contributed by atoms with Crippen LogP contribution < -0.4 is 5.32 Å². The molecule has 3 aromatic heterocycles. The van der Waals surface area contributed by atoms with Crippen LogP contribution in [0.4, 0.5) is 10.8 Å². The molecule has 4 heterocycles. The van der Waals surface area contributed by atoms with Crippen LogP contribution in [0.5, 0.6) is 0 Å². The SMILES string of the molecule is N#Cc1ccc(Nc2nc(C3CCCCN3Cc3cnn(C4CCCC4)c3)cs2)cn1. The van der Waals surface area contributed by atoms with Crippen molar-refractivity contribution in [1.29, 1.82) is 5.26 Å². The summed E-state index contributed by atoms with van der Waals surface area (Å²) in [6.07, 6.45) is 14.8. The van der Waals surface area contributed by atoms with E-state index in [4.69, 9.17) is 10.2 Å². The number of hydrogen-bond donors (Lipinski definition) is 1. The van der Waals surface area contributed by atoms with Crippen molar-refractivity contribution >= 4 is 22.2 Å². The minimum atomic E-state index is 0.342. The van der Waals surface area contributed by atoms with Crippen LogP contribution in [-0.4, -0.2) is 31.2 Å². The molecule has 31 heavy (non-hydrogen) atoms. The first-order valence-electron chi connectivity index (χ1n) is 11.1. The molecule has 2 aliphatic rings. The molecule has 3 aromatic rings. The van der Waals surface area contributed by atoms with Gasteiger partial charge in [-0.2, -0.15) is 10.4 Å². The number of pyridine rings is 1. The van der Waals surface area contributed by atoms with E-state index in [9.17, 15) is 0 Å². The van der Waals surface area contributed by atoms with Gasteiger partial charge >= 0.3 is 0 Å². The van der Waals surface area contributed by atoms with Crippen LogP contribution in [0.25, 0.3) is 0 Å². The van der Waals surface area contributed by atoms with Crippen LogP contribution in [0.3, 0.4) is 0 Å². The molecule has 0 radical (unpaired) electrons. The second-order valence-corrected chi connectivity index (χ2v) is 9.35. The van der Waals surface area contributed by atoms with Gasteiger partial charge in [0.1, 0.15) is 11.8 Å². The van der Waals surface area contributed by atoms with Crippen molar-refractivity contribution in [2.24, 2.45) is 0 Å². The quantitative estimate of drug-likeness (QED) is 0.576. The maximum atomic E-state index is 8.90. The number of anilines is 2. The smallest absolute Gasteiger partial charge is 0.187 e. The molecule has 5 rings (SSSR count). The van der Waals surface area contributed by atoms with E-state index >= 15 is 0 Å². The van der Waals surface area contributed by atoms with Gasteiger partial charge in [-0.05, 0) is 44.4 Å². The number of nitrogens with zero attached hydrogens (tertiary/aromatic N) is 6. The lowest BCUT2D eigenvalue weighted by molar-refractivity contribution is 0.138. The van der Waals surface area contributed by atoms with Gasteiger partial charge in [-0.25, -0.2) is 9.97 Å². The lowest BCUT2D eigenvalue weighted by atomic mass is 9.99. The number of hydrogen-bond acceptors (Lipinski definition) is 7. The summed E-state index contributed by atoms with van der Waals surface area (Å²) in [4.78, 5) is 11.6. The van der Waals surface area contributed by atoms with Crippen LogP contribution in [0.2, 0.25) is 0 Å². The molecule has 1 aliphatic carbocycles. The minimum Gasteiger partial charge on any atom is -0.330 e. The van der Waals surface area contributed by atoms with E-state index < -0.39 is 0 Å². The molecule has 0 amide bonds. The zero-order valence-electron chi connectivity index (χ0n) is 17.6. The van der Waals surface area contributed by atoms with E-state index in [2.05, 4.69) is 42.8 Å². The fourth-order valence-electron chi connectivity index (χ4n) is 4.73. The summed E-state index contributed by atoms with van der Waals surface area (Å²) in [6.45, 7) is 2.02. The Bertz CT molecular complexity index is 1040. The van der Waals surface area contributed by atoms with Gasteiger partial charge in [-0.1, -0.05) is 19.3 Å². The van der Waals surface area contributed by atoms with Crippen LogP contribution in [0.15, 0.2) is 36.1 Å². The van der Waals surface area contributed by atoms with Crippen LogP contribution >= 0.6 is 11.3 Å². The average Bonchev–Trinajstić information content (AvgIpc) is 3.57. The second kappa shape index (κ2) is 9.16. The molecule has 1 N–H and O–H groups in total. The van der Waals surface area contributed by atoms with Crippen molar-refractivity contribution in [3.8, 4) is 6.07 Å². The van der Waals surface area contributed by atoms with E-state index in [1.807, 2.05) is 12.1 Å². The molecule has 1 atom stereocenters. The summed E-state index contributed by atoms with van der Waals surface area (Å²) < 4.78 is 2.19. The van der Waals surface area contributed by atoms with Crippen molar-refractivity contribution in [1.82, 2.24) is 24.6 Å². The Kier molecular flexibility index (Phi) is 5.96. The van der Waals surface area contributed by atoms with Gasteiger partial charge in [-0.3, -0.25) is 9.58 Å². The Balaban J connectivity index is 1.26. The highest BCUT2D eigenvalue weighted by Gasteiger charge is 2.27.